The molecular weight excluding hydrogens is 462 g/mol. The highest BCUT2D eigenvalue weighted by Crippen LogP contribution is 2.23. The van der Waals surface area contributed by atoms with E-state index in [2.05, 4.69) is 27.4 Å². The number of carbonyl (C=O) groups is 2. The van der Waals surface area contributed by atoms with Gasteiger partial charge in [-0.2, -0.15) is 0 Å². The maximum Gasteiger partial charge on any atom is 0.253 e. The lowest BCUT2D eigenvalue weighted by molar-refractivity contribution is -0.113. The third-order valence-electron chi connectivity index (χ3n) is 4.60. The van der Waals surface area contributed by atoms with Crippen LogP contribution in [0.4, 0.5) is 5.69 Å². The van der Waals surface area contributed by atoms with Crippen LogP contribution < -0.4 is 15.4 Å². The molecule has 3 rings (SSSR count). The molecule has 1 atom stereocenters. The van der Waals surface area contributed by atoms with Crippen LogP contribution in [-0.2, 0) is 11.3 Å². The molecule has 0 spiro atoms. The van der Waals surface area contributed by atoms with Gasteiger partial charge in [0.05, 0.1) is 29.5 Å². The molecule has 2 N–H and O–H groups in total. The van der Waals surface area contributed by atoms with Crippen molar-refractivity contribution in [2.24, 2.45) is 0 Å². The zero-order chi connectivity index (χ0) is 23.8. The van der Waals surface area contributed by atoms with Gasteiger partial charge in [-0.15, -0.1) is 16.8 Å². The molecule has 33 heavy (non-hydrogen) atoms. The van der Waals surface area contributed by atoms with Crippen LogP contribution in [0.2, 0.25) is 5.02 Å². The Morgan fingerprint density at radius 3 is 2.76 bits per heavy atom. The molecule has 0 radical (unpaired) electrons. The molecule has 1 aromatic heterocycles. The number of anilines is 1. The smallest absolute Gasteiger partial charge is 0.253 e. The summed E-state index contributed by atoms with van der Waals surface area (Å²) in [5, 5.41) is 15.1. The number of allylic oxidation sites excluding steroid dienone is 1. The third kappa shape index (κ3) is 6.36. The van der Waals surface area contributed by atoms with Crippen molar-refractivity contribution in [1.29, 1.82) is 0 Å². The van der Waals surface area contributed by atoms with Gasteiger partial charge in [0.15, 0.2) is 11.0 Å². The summed E-state index contributed by atoms with van der Waals surface area (Å²) < 4.78 is 6.98. The Kier molecular flexibility index (Phi) is 8.51. The number of carbonyl (C=O) groups excluding carboxylic acids is 2. The zero-order valence-electron chi connectivity index (χ0n) is 18.2. The second-order valence-corrected chi connectivity index (χ2v) is 8.33. The summed E-state index contributed by atoms with van der Waals surface area (Å²) in [4.78, 5) is 25.0. The molecule has 0 fully saturated rings. The summed E-state index contributed by atoms with van der Waals surface area (Å²) in [6, 6.07) is 13.5. The summed E-state index contributed by atoms with van der Waals surface area (Å²) in [6.07, 6.45) is 1.70. The lowest BCUT2D eigenvalue weighted by Crippen LogP contribution is -2.29. The third-order valence-corrected chi connectivity index (χ3v) is 5.89. The highest BCUT2D eigenvalue weighted by Gasteiger charge is 2.21. The standard InChI is InChI=1S/C23H24ClN5O3S/c1-4-12-29-21(15(2)25-22(31)18-10-5-6-11-19(18)24)27-28-23(29)33-14-20(30)26-16-8-7-9-17(13-16)32-3/h4-11,13,15H,1,12,14H2,2-3H3,(H,25,31)(H,26,30)/t15-/m1/s1. The lowest BCUT2D eigenvalue weighted by Gasteiger charge is -2.15. The van der Waals surface area contributed by atoms with Crippen molar-refractivity contribution < 1.29 is 14.3 Å². The second-order valence-electron chi connectivity index (χ2n) is 6.98. The minimum atomic E-state index is -0.443. The number of rotatable bonds is 10. The number of ether oxygens (including phenoxy) is 1. The van der Waals surface area contributed by atoms with E-state index in [9.17, 15) is 9.59 Å². The Balaban J connectivity index is 1.67. The van der Waals surface area contributed by atoms with Gasteiger partial charge in [-0.25, -0.2) is 0 Å². The van der Waals surface area contributed by atoms with Crippen molar-refractivity contribution in [3.05, 3.63) is 77.6 Å². The second kappa shape index (κ2) is 11.5. The van der Waals surface area contributed by atoms with Gasteiger partial charge in [0.25, 0.3) is 5.91 Å². The molecular formula is C23H24ClN5O3S. The SMILES string of the molecule is C=CCn1c(SCC(=O)Nc2cccc(OC)c2)nnc1[C@@H](C)NC(=O)c1ccccc1Cl. The fraction of sp³-hybridized carbons (Fsp3) is 0.217. The molecule has 2 aromatic carbocycles. The van der Waals surface area contributed by atoms with E-state index in [4.69, 9.17) is 16.3 Å². The Morgan fingerprint density at radius 1 is 1.24 bits per heavy atom. The first kappa shape index (κ1) is 24.3. The van der Waals surface area contributed by atoms with E-state index in [1.54, 1.807) is 61.7 Å². The van der Waals surface area contributed by atoms with Crippen molar-refractivity contribution >= 4 is 40.9 Å². The van der Waals surface area contributed by atoms with E-state index < -0.39 is 6.04 Å². The maximum absolute atomic E-state index is 12.6. The van der Waals surface area contributed by atoms with Crippen LogP contribution in [0.1, 0.15) is 29.1 Å². The van der Waals surface area contributed by atoms with E-state index in [-0.39, 0.29) is 17.6 Å². The van der Waals surface area contributed by atoms with Crippen LogP contribution in [0.15, 0.2) is 66.3 Å². The fourth-order valence-corrected chi connectivity index (χ4v) is 4.02. The summed E-state index contributed by atoms with van der Waals surface area (Å²) in [7, 11) is 1.57. The molecule has 172 valence electrons. The topological polar surface area (TPSA) is 98.1 Å². The highest BCUT2D eigenvalue weighted by atomic mass is 35.5. The fourth-order valence-electron chi connectivity index (χ4n) is 3.04. The number of methoxy groups -OCH3 is 1. The quantitative estimate of drug-likeness (QED) is 0.327. The largest absolute Gasteiger partial charge is 0.497 e. The van der Waals surface area contributed by atoms with E-state index in [0.29, 0.717) is 39.5 Å². The van der Waals surface area contributed by atoms with Gasteiger partial charge in [-0.05, 0) is 31.2 Å². The number of hydrogen-bond donors (Lipinski definition) is 2. The molecule has 2 amide bonds. The van der Waals surface area contributed by atoms with Crippen LogP contribution >= 0.6 is 23.4 Å². The molecule has 0 bridgehead atoms. The van der Waals surface area contributed by atoms with Gasteiger partial charge in [-0.1, -0.05) is 47.6 Å². The molecule has 8 nitrogen and oxygen atoms in total. The summed E-state index contributed by atoms with van der Waals surface area (Å²) in [6.45, 7) is 6.02. The van der Waals surface area contributed by atoms with Crippen LogP contribution in [0.3, 0.4) is 0 Å². The predicted octanol–water partition coefficient (Wildman–Crippen LogP) is 4.35. The molecule has 0 unspecified atom stereocenters. The normalized spacial score (nSPS) is 11.5. The Morgan fingerprint density at radius 2 is 2.03 bits per heavy atom. The summed E-state index contributed by atoms with van der Waals surface area (Å²) in [5.74, 6) is 0.832. The first-order valence-corrected chi connectivity index (χ1v) is 11.5. The van der Waals surface area contributed by atoms with Crippen molar-refractivity contribution in [1.82, 2.24) is 20.1 Å². The number of nitrogens with one attached hydrogen (secondary N) is 2. The van der Waals surface area contributed by atoms with Gasteiger partial charge in [0, 0.05) is 18.3 Å². The Hall–Kier alpha value is -3.30. The van der Waals surface area contributed by atoms with Gasteiger partial charge >= 0.3 is 0 Å². The zero-order valence-corrected chi connectivity index (χ0v) is 19.8. The maximum atomic E-state index is 12.6. The van der Waals surface area contributed by atoms with Gasteiger partial charge in [0.1, 0.15) is 5.75 Å². The van der Waals surface area contributed by atoms with Gasteiger partial charge in [-0.3, -0.25) is 9.59 Å². The predicted molar refractivity (Wildman–Crippen MR) is 130 cm³/mol. The van der Waals surface area contributed by atoms with E-state index >= 15 is 0 Å². The number of amides is 2. The number of aromatic nitrogens is 3. The number of halogens is 1. The molecule has 3 aromatic rings. The van der Waals surface area contributed by atoms with Gasteiger partial charge in [0.2, 0.25) is 5.91 Å². The van der Waals surface area contributed by atoms with E-state index in [0.717, 1.165) is 0 Å². The number of hydrogen-bond acceptors (Lipinski definition) is 6. The lowest BCUT2D eigenvalue weighted by atomic mass is 10.2. The number of nitrogens with zero attached hydrogens (tertiary/aromatic N) is 3. The minimum absolute atomic E-state index is 0.132. The Labute approximate surface area is 201 Å². The molecule has 0 saturated carbocycles. The first-order chi connectivity index (χ1) is 15.9. The van der Waals surface area contributed by atoms with E-state index in [1.165, 1.54) is 11.8 Å². The van der Waals surface area contributed by atoms with Crippen molar-refractivity contribution in [2.75, 3.05) is 18.2 Å². The molecule has 0 aliphatic rings. The average molecular weight is 486 g/mol. The van der Waals surface area contributed by atoms with Crippen LogP contribution in [-0.4, -0.2) is 39.4 Å². The summed E-state index contributed by atoms with van der Waals surface area (Å²) in [5.41, 5.74) is 1.02. The monoisotopic (exact) mass is 485 g/mol. The van der Waals surface area contributed by atoms with Crippen LogP contribution in [0.25, 0.3) is 0 Å². The molecule has 0 aliphatic carbocycles. The number of benzene rings is 2. The highest BCUT2D eigenvalue weighted by molar-refractivity contribution is 7.99. The summed E-state index contributed by atoms with van der Waals surface area (Å²) >= 11 is 7.37. The Bertz CT molecular complexity index is 1150. The van der Waals surface area contributed by atoms with Crippen molar-refractivity contribution in [3.8, 4) is 5.75 Å². The molecule has 0 saturated heterocycles. The van der Waals surface area contributed by atoms with Gasteiger partial charge < -0.3 is 19.9 Å². The van der Waals surface area contributed by atoms with Crippen LogP contribution in [0.5, 0.6) is 5.75 Å². The number of thioether (sulfide) groups is 1. The van der Waals surface area contributed by atoms with E-state index in [1.807, 2.05) is 11.5 Å². The van der Waals surface area contributed by atoms with Crippen LogP contribution in [0, 0.1) is 0 Å². The first-order valence-electron chi connectivity index (χ1n) is 10.1. The minimum Gasteiger partial charge on any atom is -0.497 e. The average Bonchev–Trinajstić information content (AvgIpc) is 3.21. The molecule has 10 heteroatoms. The van der Waals surface area contributed by atoms with Crippen molar-refractivity contribution in [3.63, 3.8) is 0 Å². The van der Waals surface area contributed by atoms with Crippen molar-refractivity contribution in [2.45, 2.75) is 24.7 Å². The molecule has 0 aliphatic heterocycles. The molecule has 1 heterocycles.